The Kier molecular flexibility index (Phi) is 8.75. The van der Waals surface area contributed by atoms with E-state index in [0.717, 1.165) is 0 Å². The lowest BCUT2D eigenvalue weighted by Gasteiger charge is -2.30. The van der Waals surface area contributed by atoms with Crippen LogP contribution >= 0.6 is 7.26 Å². The molecule has 0 aromatic carbocycles. The molecule has 17 heavy (non-hydrogen) atoms. The van der Waals surface area contributed by atoms with Crippen LogP contribution in [0, 0.1) is 5.41 Å². The third-order valence-electron chi connectivity index (χ3n) is 2.82. The fraction of sp³-hybridized carbons (Fsp3) is 1.00. The zero-order valence-electron chi connectivity index (χ0n) is 11.9. The largest absolute Gasteiger partial charge is 0.673 e. The van der Waals surface area contributed by atoms with Crippen molar-refractivity contribution in [3.8, 4) is 0 Å². The molecule has 0 unspecified atom stereocenters. The van der Waals surface area contributed by atoms with E-state index in [1.165, 1.54) is 24.6 Å². The van der Waals surface area contributed by atoms with Crippen LogP contribution < -0.4 is 0 Å². The van der Waals surface area contributed by atoms with E-state index in [9.17, 15) is 17.3 Å². The van der Waals surface area contributed by atoms with E-state index < -0.39 is 14.5 Å². The Morgan fingerprint density at radius 1 is 0.824 bits per heavy atom. The summed E-state index contributed by atoms with van der Waals surface area (Å²) in [6.45, 7) is 14.3. The molecule has 0 aliphatic heterocycles. The molecule has 0 amide bonds. The summed E-state index contributed by atoms with van der Waals surface area (Å²) in [6, 6.07) is 0. The van der Waals surface area contributed by atoms with Gasteiger partial charge < -0.3 is 17.3 Å². The number of hydrogen-bond acceptors (Lipinski definition) is 0. The minimum Gasteiger partial charge on any atom is -0.418 e. The predicted octanol–water partition coefficient (Wildman–Crippen LogP) is 5.41. The van der Waals surface area contributed by atoms with Crippen molar-refractivity contribution in [3.63, 3.8) is 0 Å². The quantitative estimate of drug-likeness (QED) is 0.366. The van der Waals surface area contributed by atoms with Gasteiger partial charge in [-0.1, -0.05) is 20.8 Å². The average molecular weight is 276 g/mol. The molecule has 0 aromatic rings. The summed E-state index contributed by atoms with van der Waals surface area (Å²) in [6.07, 6.45) is 5.80. The van der Waals surface area contributed by atoms with Crippen molar-refractivity contribution in [2.45, 2.75) is 41.5 Å². The number of rotatable bonds is 4. The summed E-state index contributed by atoms with van der Waals surface area (Å²) in [5.74, 6) is 0. The Balaban J connectivity index is 0. The third-order valence-corrected chi connectivity index (χ3v) is 8.47. The summed E-state index contributed by atoms with van der Waals surface area (Å²) >= 11 is 0. The van der Waals surface area contributed by atoms with Gasteiger partial charge in [0.2, 0.25) is 0 Å². The summed E-state index contributed by atoms with van der Waals surface area (Å²) < 4.78 is 39.0. The van der Waals surface area contributed by atoms with Crippen molar-refractivity contribution in [1.29, 1.82) is 0 Å². The van der Waals surface area contributed by atoms with Crippen molar-refractivity contribution in [3.05, 3.63) is 0 Å². The molecular weight excluding hydrogens is 250 g/mol. The molecule has 0 aliphatic rings. The molecular formula is C11H26BF4P. The highest BCUT2D eigenvalue weighted by molar-refractivity contribution is 7.75. The van der Waals surface area contributed by atoms with Crippen LogP contribution in [0.1, 0.15) is 41.5 Å². The first-order chi connectivity index (χ1) is 7.39. The molecule has 0 nitrogen and oxygen atoms in total. The Labute approximate surface area is 104 Å². The molecule has 0 aliphatic carbocycles. The maximum atomic E-state index is 9.75. The first-order valence-corrected chi connectivity index (χ1v) is 8.64. The first kappa shape index (κ1) is 19.6. The molecule has 0 atom stereocenters. The van der Waals surface area contributed by atoms with Gasteiger partial charge in [-0.05, 0) is 26.2 Å². The van der Waals surface area contributed by atoms with E-state index in [1.807, 2.05) is 0 Å². The van der Waals surface area contributed by atoms with E-state index in [-0.39, 0.29) is 0 Å². The highest BCUT2D eigenvalue weighted by atomic mass is 31.2. The Bertz CT molecular complexity index is 180. The lowest BCUT2D eigenvalue weighted by atomic mass is 10.0. The molecule has 0 saturated heterocycles. The fourth-order valence-corrected chi connectivity index (χ4v) is 6.04. The van der Waals surface area contributed by atoms with E-state index in [0.29, 0.717) is 5.41 Å². The molecule has 0 rings (SSSR count). The summed E-state index contributed by atoms with van der Waals surface area (Å²) in [4.78, 5) is 0. The van der Waals surface area contributed by atoms with Crippen molar-refractivity contribution in [2.24, 2.45) is 5.41 Å². The smallest absolute Gasteiger partial charge is 0.418 e. The van der Waals surface area contributed by atoms with Gasteiger partial charge in [-0.3, -0.25) is 0 Å². The van der Waals surface area contributed by atoms with Gasteiger partial charge in [0.05, 0.1) is 24.6 Å². The van der Waals surface area contributed by atoms with Crippen LogP contribution in [0.4, 0.5) is 17.3 Å². The summed E-state index contributed by atoms with van der Waals surface area (Å²) in [5, 5.41) is 0. The Morgan fingerprint density at radius 2 is 1.06 bits per heavy atom. The van der Waals surface area contributed by atoms with E-state index in [2.05, 4.69) is 41.5 Å². The molecule has 0 heterocycles. The highest BCUT2D eigenvalue weighted by Gasteiger charge is 2.35. The second kappa shape index (κ2) is 7.61. The Morgan fingerprint density at radius 3 is 1.12 bits per heavy atom. The SMILES string of the molecule is CC[P+](CC)(CC)CC(C)(C)C.F[B-](F)(F)F. The van der Waals surface area contributed by atoms with Crippen molar-refractivity contribution in [2.75, 3.05) is 24.6 Å². The van der Waals surface area contributed by atoms with Gasteiger partial charge in [0.25, 0.3) is 0 Å². The predicted molar refractivity (Wildman–Crippen MR) is 73.1 cm³/mol. The van der Waals surface area contributed by atoms with Crippen LogP contribution in [0.2, 0.25) is 0 Å². The van der Waals surface area contributed by atoms with Crippen LogP contribution in [-0.4, -0.2) is 31.9 Å². The maximum absolute atomic E-state index is 9.75. The monoisotopic (exact) mass is 276 g/mol. The van der Waals surface area contributed by atoms with Gasteiger partial charge >= 0.3 is 7.25 Å². The molecule has 0 aromatic heterocycles. The zero-order chi connectivity index (χ0) is 14.3. The Hall–Kier alpha value is 0.215. The van der Waals surface area contributed by atoms with Crippen molar-refractivity contribution >= 4 is 14.5 Å². The third kappa shape index (κ3) is 14.2. The van der Waals surface area contributed by atoms with Crippen LogP contribution in [0.3, 0.4) is 0 Å². The lowest BCUT2D eigenvalue weighted by Crippen LogP contribution is -2.19. The van der Waals surface area contributed by atoms with Crippen LogP contribution in [0.25, 0.3) is 0 Å². The second-order valence-electron chi connectivity index (χ2n) is 5.50. The summed E-state index contributed by atoms with van der Waals surface area (Å²) in [7, 11) is -6.56. The molecule has 0 saturated carbocycles. The molecule has 6 heteroatoms. The topological polar surface area (TPSA) is 0 Å². The van der Waals surface area contributed by atoms with Gasteiger partial charge in [0.1, 0.15) is 0 Å². The molecule has 0 bridgehead atoms. The van der Waals surface area contributed by atoms with Crippen LogP contribution in [0.5, 0.6) is 0 Å². The molecule has 0 fully saturated rings. The molecule has 0 spiro atoms. The van der Waals surface area contributed by atoms with E-state index >= 15 is 0 Å². The van der Waals surface area contributed by atoms with Gasteiger partial charge in [-0.25, -0.2) is 0 Å². The van der Waals surface area contributed by atoms with Gasteiger partial charge in [-0.2, -0.15) is 0 Å². The number of hydrogen-bond donors (Lipinski definition) is 0. The highest BCUT2D eigenvalue weighted by Crippen LogP contribution is 2.60. The second-order valence-corrected chi connectivity index (χ2v) is 10.4. The molecule has 0 N–H and O–H groups in total. The van der Waals surface area contributed by atoms with Gasteiger partial charge in [-0.15, -0.1) is 0 Å². The minimum atomic E-state index is -6.00. The average Bonchev–Trinajstić information content (AvgIpc) is 2.10. The van der Waals surface area contributed by atoms with Gasteiger partial charge in [0.15, 0.2) is 0 Å². The van der Waals surface area contributed by atoms with E-state index in [4.69, 9.17) is 0 Å². The van der Waals surface area contributed by atoms with Crippen LogP contribution in [-0.2, 0) is 0 Å². The fourth-order valence-electron chi connectivity index (χ4n) is 2.01. The van der Waals surface area contributed by atoms with Gasteiger partial charge in [0, 0.05) is 7.26 Å². The van der Waals surface area contributed by atoms with Crippen molar-refractivity contribution < 1.29 is 17.3 Å². The standard InChI is InChI=1S/C11H26P.BF4/c1-7-12(8-2,9-3)10-11(4,5)6;2-1(3,4)5/h7-10H2,1-6H3;/q+1;-1. The molecule has 106 valence electrons. The maximum Gasteiger partial charge on any atom is 0.673 e. The first-order valence-electron chi connectivity index (χ1n) is 6.11. The lowest BCUT2D eigenvalue weighted by molar-refractivity contribution is 0.368. The normalized spacial score (nSPS) is 13.1. The molecule has 0 radical (unpaired) electrons. The van der Waals surface area contributed by atoms with Crippen LogP contribution in [0.15, 0.2) is 0 Å². The zero-order valence-corrected chi connectivity index (χ0v) is 12.8. The number of halogens is 4. The van der Waals surface area contributed by atoms with Crippen molar-refractivity contribution in [1.82, 2.24) is 0 Å². The minimum absolute atomic E-state index is 0.538. The van der Waals surface area contributed by atoms with E-state index in [1.54, 1.807) is 0 Å². The summed E-state index contributed by atoms with van der Waals surface area (Å²) in [5.41, 5.74) is 0.538.